The van der Waals surface area contributed by atoms with Crippen LogP contribution in [0.4, 0.5) is 0 Å². The van der Waals surface area contributed by atoms with Crippen LogP contribution >= 0.6 is 0 Å². The molecule has 0 radical (unpaired) electrons. The molecule has 258 valence electrons. The highest BCUT2D eigenvalue weighted by Crippen LogP contribution is 2.45. The average molecular weight is 668 g/mol. The lowest BCUT2D eigenvalue weighted by Crippen LogP contribution is -2.67. The summed E-state index contributed by atoms with van der Waals surface area (Å²) >= 11 is 0. The monoisotopic (exact) mass is 667 g/mol. The second-order valence-electron chi connectivity index (χ2n) is 12.3. The van der Waals surface area contributed by atoms with E-state index >= 15 is 0 Å². The Bertz CT molecular complexity index is 1560. The van der Waals surface area contributed by atoms with Crippen LogP contribution in [0.1, 0.15) is 35.6 Å². The van der Waals surface area contributed by atoms with Gasteiger partial charge in [0.25, 0.3) is 0 Å². The van der Waals surface area contributed by atoms with Gasteiger partial charge in [-0.3, -0.25) is 9.63 Å². The molecule has 9 heteroatoms. The molecule has 4 aromatic carbocycles. The van der Waals surface area contributed by atoms with Crippen molar-refractivity contribution in [3.8, 4) is 0 Å². The zero-order chi connectivity index (χ0) is 33.9. The third kappa shape index (κ3) is 9.00. The van der Waals surface area contributed by atoms with Gasteiger partial charge in [-0.1, -0.05) is 121 Å². The van der Waals surface area contributed by atoms with Crippen LogP contribution in [-0.4, -0.2) is 67.5 Å². The maximum absolute atomic E-state index is 13.2. The molecular weight excluding hydrogens is 622 g/mol. The Morgan fingerprint density at radius 2 is 1.16 bits per heavy atom. The molecule has 4 aromatic rings. The third-order valence-corrected chi connectivity index (χ3v) is 8.78. The highest BCUT2D eigenvalue weighted by atomic mass is 16.8. The Kier molecular flexibility index (Phi) is 12.2. The predicted molar refractivity (Wildman–Crippen MR) is 183 cm³/mol. The van der Waals surface area contributed by atoms with Crippen LogP contribution in [0.2, 0.25) is 0 Å². The second kappa shape index (κ2) is 17.1. The second-order valence-corrected chi connectivity index (χ2v) is 12.3. The normalized spacial score (nSPS) is 25.4. The van der Waals surface area contributed by atoms with Gasteiger partial charge in [0.05, 0.1) is 39.6 Å². The van der Waals surface area contributed by atoms with Crippen molar-refractivity contribution in [2.75, 3.05) is 20.3 Å². The van der Waals surface area contributed by atoms with Crippen molar-refractivity contribution in [2.24, 2.45) is 0 Å². The van der Waals surface area contributed by atoms with Crippen LogP contribution in [0.3, 0.4) is 0 Å². The van der Waals surface area contributed by atoms with E-state index in [4.69, 9.17) is 33.3 Å². The standard InChI is InChI=1S/C40H45NO8/c1-3-44-39(42)34-24-40(49-41(34)2)38(47-28-33-22-14-7-15-23-33)37(46-27-32-20-12-6-13-21-32)36(45-26-31-18-10-5-11-19-31)35(48-40)29-43-25-30-16-8-4-9-17-30/h4-23,34-38H,3,24-29H2,1-2H3/t34-,35-,36-,37+,38+,40+/m1/s1. The lowest BCUT2D eigenvalue weighted by atomic mass is 9.88. The van der Waals surface area contributed by atoms with E-state index < -0.39 is 42.2 Å². The topological polar surface area (TPSA) is 84.9 Å². The van der Waals surface area contributed by atoms with E-state index in [9.17, 15) is 4.79 Å². The van der Waals surface area contributed by atoms with Crippen molar-refractivity contribution >= 4 is 5.97 Å². The summed E-state index contributed by atoms with van der Waals surface area (Å²) in [5.74, 6) is -1.80. The van der Waals surface area contributed by atoms with Crippen LogP contribution in [0.25, 0.3) is 0 Å². The maximum atomic E-state index is 13.2. The van der Waals surface area contributed by atoms with Gasteiger partial charge in [0.2, 0.25) is 5.79 Å². The molecule has 6 rings (SSSR count). The molecule has 0 aliphatic carbocycles. The molecule has 6 atom stereocenters. The molecular formula is C40H45NO8. The van der Waals surface area contributed by atoms with E-state index in [1.54, 1.807) is 14.0 Å². The molecule has 2 heterocycles. The van der Waals surface area contributed by atoms with Crippen LogP contribution < -0.4 is 0 Å². The largest absolute Gasteiger partial charge is 0.465 e. The third-order valence-electron chi connectivity index (χ3n) is 8.78. The first-order valence-electron chi connectivity index (χ1n) is 16.9. The van der Waals surface area contributed by atoms with Gasteiger partial charge in [0, 0.05) is 13.5 Å². The molecule has 2 saturated heterocycles. The number of hydroxylamine groups is 2. The smallest absolute Gasteiger partial charge is 0.325 e. The first kappa shape index (κ1) is 34.9. The molecule has 2 aliphatic heterocycles. The van der Waals surface area contributed by atoms with E-state index in [2.05, 4.69) is 0 Å². The minimum atomic E-state index is -1.41. The van der Waals surface area contributed by atoms with Crippen molar-refractivity contribution in [1.82, 2.24) is 5.06 Å². The predicted octanol–water partition coefficient (Wildman–Crippen LogP) is 6.25. The van der Waals surface area contributed by atoms with Gasteiger partial charge < -0.3 is 28.4 Å². The fourth-order valence-electron chi connectivity index (χ4n) is 6.37. The number of likely N-dealkylation sites (N-methyl/N-ethyl adjacent to an activating group) is 1. The number of hydrogen-bond acceptors (Lipinski definition) is 9. The van der Waals surface area contributed by atoms with E-state index in [0.717, 1.165) is 22.3 Å². The highest BCUT2D eigenvalue weighted by molar-refractivity contribution is 5.76. The van der Waals surface area contributed by atoms with Crippen LogP contribution in [0.5, 0.6) is 0 Å². The molecule has 0 saturated carbocycles. The van der Waals surface area contributed by atoms with Gasteiger partial charge in [0.1, 0.15) is 30.5 Å². The van der Waals surface area contributed by atoms with E-state index in [1.165, 1.54) is 5.06 Å². The Hall–Kier alpha value is -3.93. The molecule has 1 spiro atoms. The number of ether oxygens (including phenoxy) is 6. The van der Waals surface area contributed by atoms with Crippen LogP contribution in [-0.2, 0) is 64.5 Å². The molecule has 0 unspecified atom stereocenters. The van der Waals surface area contributed by atoms with Gasteiger partial charge in [-0.15, -0.1) is 0 Å². The quantitative estimate of drug-likeness (QED) is 0.137. The number of rotatable bonds is 15. The SMILES string of the molecule is CCOC(=O)[C@H]1C[C@]2(O[C@H](COCc3ccccc3)[C@@H](OCc3ccccc3)[C@H](OCc3ccccc3)[C@@H]2OCc2ccccc2)ON1C. The number of nitrogens with zero attached hydrogens (tertiary/aromatic N) is 1. The Morgan fingerprint density at radius 3 is 1.67 bits per heavy atom. The zero-order valence-electron chi connectivity index (χ0n) is 28.1. The number of benzene rings is 4. The summed E-state index contributed by atoms with van der Waals surface area (Å²) in [7, 11) is 1.71. The summed E-state index contributed by atoms with van der Waals surface area (Å²) in [6, 6.07) is 39.1. The van der Waals surface area contributed by atoms with Gasteiger partial charge in [-0.05, 0) is 29.2 Å². The number of esters is 1. The minimum absolute atomic E-state index is 0.160. The fourth-order valence-corrected chi connectivity index (χ4v) is 6.37. The van der Waals surface area contributed by atoms with Crippen LogP contribution in [0, 0.1) is 0 Å². The Morgan fingerprint density at radius 1 is 0.694 bits per heavy atom. The molecule has 0 aromatic heterocycles. The first-order chi connectivity index (χ1) is 24.0. The average Bonchev–Trinajstić information content (AvgIpc) is 3.47. The van der Waals surface area contributed by atoms with Crippen molar-refractivity contribution in [3.63, 3.8) is 0 Å². The lowest BCUT2D eigenvalue weighted by molar-refractivity contribution is -0.404. The summed E-state index contributed by atoms with van der Waals surface area (Å²) in [5, 5.41) is 1.51. The number of carbonyl (C=O) groups excluding carboxylic acids is 1. The molecule has 0 N–H and O–H groups in total. The lowest BCUT2D eigenvalue weighted by Gasteiger charge is -2.50. The molecule has 49 heavy (non-hydrogen) atoms. The Balaban J connectivity index is 1.36. The van der Waals surface area contributed by atoms with E-state index in [0.29, 0.717) is 19.8 Å². The summed E-state index contributed by atoms with van der Waals surface area (Å²) in [6.07, 6.45) is -2.58. The summed E-state index contributed by atoms with van der Waals surface area (Å²) in [5.41, 5.74) is 4.02. The fraction of sp³-hybridized carbons (Fsp3) is 0.375. The Labute approximate surface area is 288 Å². The maximum Gasteiger partial charge on any atom is 0.325 e. The summed E-state index contributed by atoms with van der Waals surface area (Å²) < 4.78 is 39.0. The molecule has 2 fully saturated rings. The van der Waals surface area contributed by atoms with Gasteiger partial charge in [-0.25, -0.2) is 0 Å². The van der Waals surface area contributed by atoms with E-state index in [1.807, 2.05) is 121 Å². The van der Waals surface area contributed by atoms with Gasteiger partial charge >= 0.3 is 5.97 Å². The molecule has 0 bridgehead atoms. The van der Waals surface area contributed by atoms with Crippen molar-refractivity contribution in [2.45, 2.75) is 76.0 Å². The number of carbonyl (C=O) groups is 1. The first-order valence-corrected chi connectivity index (χ1v) is 16.9. The molecule has 2 aliphatic rings. The van der Waals surface area contributed by atoms with E-state index in [-0.39, 0.29) is 26.2 Å². The molecule has 0 amide bonds. The van der Waals surface area contributed by atoms with Crippen molar-refractivity contribution in [3.05, 3.63) is 144 Å². The molecule has 9 nitrogen and oxygen atoms in total. The summed E-state index contributed by atoms with van der Waals surface area (Å²) in [6.45, 7) is 3.48. The summed E-state index contributed by atoms with van der Waals surface area (Å²) in [4.78, 5) is 19.7. The van der Waals surface area contributed by atoms with Gasteiger partial charge in [0.15, 0.2) is 0 Å². The zero-order valence-corrected chi connectivity index (χ0v) is 28.1. The van der Waals surface area contributed by atoms with Crippen LogP contribution in [0.15, 0.2) is 121 Å². The van der Waals surface area contributed by atoms with Gasteiger partial charge in [-0.2, -0.15) is 5.06 Å². The minimum Gasteiger partial charge on any atom is -0.465 e. The highest BCUT2D eigenvalue weighted by Gasteiger charge is 2.63. The van der Waals surface area contributed by atoms with Crippen molar-refractivity contribution in [1.29, 1.82) is 0 Å². The number of hydrogen-bond donors (Lipinski definition) is 0. The van der Waals surface area contributed by atoms with Crippen molar-refractivity contribution < 1.29 is 38.1 Å².